The van der Waals surface area contributed by atoms with Gasteiger partial charge in [0.05, 0.1) is 11.5 Å². The molecule has 0 bridgehead atoms. The van der Waals surface area contributed by atoms with Gasteiger partial charge in [-0.25, -0.2) is 0 Å². The number of rotatable bonds is 3. The molecule has 0 spiro atoms. The van der Waals surface area contributed by atoms with E-state index in [2.05, 4.69) is 26.8 Å². The van der Waals surface area contributed by atoms with Crippen molar-refractivity contribution in [2.45, 2.75) is 67.2 Å². The second-order valence-electron chi connectivity index (χ2n) is 5.85. The summed E-state index contributed by atoms with van der Waals surface area (Å²) in [5.41, 5.74) is 2.46. The van der Waals surface area contributed by atoms with Crippen LogP contribution in [-0.2, 0) is 5.41 Å². The molecule has 0 aliphatic rings. The van der Waals surface area contributed by atoms with Crippen LogP contribution in [-0.4, -0.2) is 15.3 Å². The molecule has 0 amide bonds. The van der Waals surface area contributed by atoms with Gasteiger partial charge < -0.3 is 15.3 Å². The number of allylic oxidation sites excluding steroid dienone is 4. The number of aryl methyl sites for hydroxylation is 1. The molecular weight excluding hydrogens is 288 g/mol. The standard InChI is InChI=1S/C12H18O.C6H10O2.C2H6/c1-5-12(3,4)10-6-7-11(13)9(2)8-10;1-5(7)3-4-6(2)8;1-2/h6-8,13H,5H2,1-4H3;3-4,7-8H,1-2H3;1-2H3/b;5-3+,6-4+;. The molecule has 0 atom stereocenters. The van der Waals surface area contributed by atoms with E-state index < -0.39 is 0 Å². The topological polar surface area (TPSA) is 60.7 Å². The summed E-state index contributed by atoms with van der Waals surface area (Å²) in [5.74, 6) is 0.771. The lowest BCUT2D eigenvalue weighted by Crippen LogP contribution is -2.15. The maximum Gasteiger partial charge on any atom is 0.118 e. The van der Waals surface area contributed by atoms with Gasteiger partial charge in [-0.2, -0.15) is 0 Å². The molecule has 0 aliphatic carbocycles. The normalized spacial score (nSPS) is 11.8. The van der Waals surface area contributed by atoms with Gasteiger partial charge in [-0.15, -0.1) is 0 Å². The number of benzene rings is 1. The molecule has 0 radical (unpaired) electrons. The number of phenols is 1. The summed E-state index contributed by atoms with van der Waals surface area (Å²) in [6.07, 6.45) is 3.96. The molecule has 3 N–H and O–H groups in total. The lowest BCUT2D eigenvalue weighted by Gasteiger charge is -2.23. The van der Waals surface area contributed by atoms with Crippen molar-refractivity contribution in [3.05, 3.63) is 53.0 Å². The van der Waals surface area contributed by atoms with Gasteiger partial charge in [-0.05, 0) is 62.0 Å². The first-order chi connectivity index (χ1) is 10.6. The zero-order valence-corrected chi connectivity index (χ0v) is 15.9. The molecule has 0 heterocycles. The Morgan fingerprint density at radius 3 is 1.78 bits per heavy atom. The summed E-state index contributed by atoms with van der Waals surface area (Å²) in [6.45, 7) is 15.6. The van der Waals surface area contributed by atoms with E-state index >= 15 is 0 Å². The van der Waals surface area contributed by atoms with Gasteiger partial charge in [-0.1, -0.05) is 46.8 Å². The highest BCUT2D eigenvalue weighted by molar-refractivity contribution is 5.37. The van der Waals surface area contributed by atoms with Crippen LogP contribution in [0.1, 0.15) is 66.0 Å². The Labute approximate surface area is 142 Å². The molecule has 3 heteroatoms. The van der Waals surface area contributed by atoms with Crippen LogP contribution in [0.25, 0.3) is 0 Å². The van der Waals surface area contributed by atoms with Gasteiger partial charge in [0.15, 0.2) is 0 Å². The maximum atomic E-state index is 9.38. The van der Waals surface area contributed by atoms with Gasteiger partial charge >= 0.3 is 0 Å². The van der Waals surface area contributed by atoms with Crippen molar-refractivity contribution in [1.82, 2.24) is 0 Å². The minimum Gasteiger partial charge on any atom is -0.513 e. The fourth-order valence-corrected chi connectivity index (χ4v) is 1.52. The predicted molar refractivity (Wildman–Crippen MR) is 100 cm³/mol. The highest BCUT2D eigenvalue weighted by Crippen LogP contribution is 2.29. The lowest BCUT2D eigenvalue weighted by atomic mass is 9.82. The first-order valence-corrected chi connectivity index (χ1v) is 8.13. The van der Waals surface area contributed by atoms with Crippen LogP contribution in [0, 0.1) is 6.92 Å². The molecule has 1 aromatic carbocycles. The minimum atomic E-state index is 0.193. The number of aliphatic hydroxyl groups excluding tert-OH is 2. The van der Waals surface area contributed by atoms with Gasteiger partial charge in [0, 0.05) is 0 Å². The van der Waals surface area contributed by atoms with E-state index in [-0.39, 0.29) is 16.9 Å². The van der Waals surface area contributed by atoms with Crippen LogP contribution < -0.4 is 0 Å². The van der Waals surface area contributed by atoms with Crippen LogP contribution in [0.3, 0.4) is 0 Å². The van der Waals surface area contributed by atoms with E-state index in [1.807, 2.05) is 26.8 Å². The monoisotopic (exact) mass is 322 g/mol. The van der Waals surface area contributed by atoms with Crippen LogP contribution in [0.4, 0.5) is 0 Å². The number of hydrogen-bond donors (Lipinski definition) is 3. The summed E-state index contributed by atoms with van der Waals surface area (Å²) in [5, 5.41) is 26.4. The third-order valence-electron chi connectivity index (χ3n) is 3.43. The number of phenolic OH excluding ortho intramolecular Hbond substituents is 1. The van der Waals surface area contributed by atoms with E-state index in [0.29, 0.717) is 5.75 Å². The van der Waals surface area contributed by atoms with E-state index in [9.17, 15) is 5.11 Å². The van der Waals surface area contributed by atoms with Crippen LogP contribution in [0.15, 0.2) is 41.9 Å². The van der Waals surface area contributed by atoms with Crippen molar-refractivity contribution in [1.29, 1.82) is 0 Å². The minimum absolute atomic E-state index is 0.193. The maximum absolute atomic E-state index is 9.38. The van der Waals surface area contributed by atoms with Crippen LogP contribution in [0.2, 0.25) is 0 Å². The van der Waals surface area contributed by atoms with Gasteiger partial charge in [0.1, 0.15) is 5.75 Å². The first-order valence-electron chi connectivity index (χ1n) is 8.13. The summed E-state index contributed by atoms with van der Waals surface area (Å²) in [7, 11) is 0. The number of aromatic hydroxyl groups is 1. The molecule has 0 fully saturated rings. The Morgan fingerprint density at radius 1 is 1.04 bits per heavy atom. The van der Waals surface area contributed by atoms with Crippen molar-refractivity contribution in [2.24, 2.45) is 0 Å². The third kappa shape index (κ3) is 10.5. The Morgan fingerprint density at radius 2 is 1.48 bits per heavy atom. The third-order valence-corrected chi connectivity index (χ3v) is 3.43. The van der Waals surface area contributed by atoms with Crippen molar-refractivity contribution in [2.75, 3.05) is 0 Å². The van der Waals surface area contributed by atoms with Gasteiger partial charge in [0.2, 0.25) is 0 Å². The van der Waals surface area contributed by atoms with E-state index in [4.69, 9.17) is 10.2 Å². The van der Waals surface area contributed by atoms with E-state index in [0.717, 1.165) is 12.0 Å². The zero-order valence-electron chi connectivity index (χ0n) is 15.9. The van der Waals surface area contributed by atoms with Crippen LogP contribution >= 0.6 is 0 Å². The molecule has 0 saturated heterocycles. The molecule has 23 heavy (non-hydrogen) atoms. The molecule has 0 unspecified atom stereocenters. The highest BCUT2D eigenvalue weighted by Gasteiger charge is 2.18. The van der Waals surface area contributed by atoms with Crippen molar-refractivity contribution in [3.8, 4) is 5.75 Å². The second-order valence-corrected chi connectivity index (χ2v) is 5.85. The van der Waals surface area contributed by atoms with Crippen molar-refractivity contribution >= 4 is 0 Å². The summed E-state index contributed by atoms with van der Waals surface area (Å²) < 4.78 is 0. The van der Waals surface area contributed by atoms with Gasteiger partial charge in [0.25, 0.3) is 0 Å². The van der Waals surface area contributed by atoms with Crippen molar-refractivity contribution < 1.29 is 15.3 Å². The van der Waals surface area contributed by atoms with E-state index in [1.54, 1.807) is 19.9 Å². The second kappa shape index (κ2) is 11.6. The average Bonchev–Trinajstić information content (AvgIpc) is 2.50. The largest absolute Gasteiger partial charge is 0.513 e. The molecule has 1 rings (SSSR count). The molecular formula is C20H34O3. The molecule has 0 saturated carbocycles. The molecule has 132 valence electrons. The number of aliphatic hydroxyl groups is 2. The summed E-state index contributed by atoms with van der Waals surface area (Å²) >= 11 is 0. The predicted octanol–water partition coefficient (Wildman–Crippen LogP) is 6.32. The first kappa shape index (κ1) is 23.4. The zero-order chi connectivity index (χ0) is 18.6. The summed E-state index contributed by atoms with van der Waals surface area (Å²) in [4.78, 5) is 0. The quantitative estimate of drug-likeness (QED) is 0.450. The fourth-order valence-electron chi connectivity index (χ4n) is 1.52. The molecule has 3 nitrogen and oxygen atoms in total. The van der Waals surface area contributed by atoms with Gasteiger partial charge in [-0.3, -0.25) is 0 Å². The Hall–Kier alpha value is -1.90. The smallest absolute Gasteiger partial charge is 0.118 e. The molecule has 0 aromatic heterocycles. The summed E-state index contributed by atoms with van der Waals surface area (Å²) in [6, 6.07) is 5.85. The Balaban J connectivity index is 0. The highest BCUT2D eigenvalue weighted by atomic mass is 16.3. The molecule has 0 aliphatic heterocycles. The molecule has 1 aromatic rings. The SMILES string of the molecule is C/C(O)=C\C=C(/C)O.CC.CCC(C)(C)c1ccc(O)c(C)c1. The Kier molecular flexibility index (Phi) is 11.8. The van der Waals surface area contributed by atoms with Crippen molar-refractivity contribution in [3.63, 3.8) is 0 Å². The lowest BCUT2D eigenvalue weighted by molar-refractivity contribution is 0.406. The van der Waals surface area contributed by atoms with E-state index in [1.165, 1.54) is 17.7 Å². The van der Waals surface area contributed by atoms with Crippen LogP contribution in [0.5, 0.6) is 5.75 Å². The average molecular weight is 322 g/mol. The fraction of sp³-hybridized carbons (Fsp3) is 0.500. The number of hydrogen-bond acceptors (Lipinski definition) is 3. The Bertz CT molecular complexity index is 488.